The number of nitriles is 1. The summed E-state index contributed by atoms with van der Waals surface area (Å²) in [4.78, 5) is 39.9. The normalized spacial score (nSPS) is 13.3. The summed E-state index contributed by atoms with van der Waals surface area (Å²) in [7, 11) is 0. The molecule has 0 spiro atoms. The molecule has 3 heterocycles. The van der Waals surface area contributed by atoms with Crippen LogP contribution in [0.15, 0.2) is 229 Å². The van der Waals surface area contributed by atoms with Crippen molar-refractivity contribution < 1.29 is 38.6 Å². The van der Waals surface area contributed by atoms with Crippen LogP contribution >= 0.6 is 0 Å². The molecule has 3 aromatic heterocycles. The molecule has 9 rings (SSSR count). The Balaban J connectivity index is 0.000000198. The number of carbonyl (C=O) groups is 2. The predicted octanol–water partition coefficient (Wildman–Crippen LogP) is 14.6. The second-order valence-electron chi connectivity index (χ2n) is 23.5. The van der Waals surface area contributed by atoms with Crippen molar-refractivity contribution in [1.29, 1.82) is 5.26 Å². The summed E-state index contributed by atoms with van der Waals surface area (Å²) in [6.45, 7) is 21.9. The van der Waals surface area contributed by atoms with Gasteiger partial charge in [-0.1, -0.05) is 188 Å². The molecule has 3 atom stereocenters. The molecule has 0 saturated carbocycles. The second-order valence-corrected chi connectivity index (χ2v) is 23.5. The van der Waals surface area contributed by atoms with Crippen molar-refractivity contribution in [3.63, 3.8) is 0 Å². The summed E-state index contributed by atoms with van der Waals surface area (Å²) in [6.07, 6.45) is 5.29. The van der Waals surface area contributed by atoms with Gasteiger partial charge in [-0.15, -0.1) is 0 Å². The van der Waals surface area contributed by atoms with Crippen molar-refractivity contribution >= 4 is 23.6 Å². The Labute approximate surface area is 540 Å². The van der Waals surface area contributed by atoms with Crippen LogP contribution < -0.4 is 25.7 Å². The molecular weight excluding hydrogens is 1150 g/mol. The van der Waals surface area contributed by atoms with E-state index >= 15 is 0 Å². The van der Waals surface area contributed by atoms with E-state index in [0.29, 0.717) is 48.3 Å². The highest BCUT2D eigenvalue weighted by molar-refractivity contribution is 5.98. The monoisotopic (exact) mass is 1230 g/mol. The summed E-state index contributed by atoms with van der Waals surface area (Å²) in [6, 6.07) is 67.6. The van der Waals surface area contributed by atoms with Gasteiger partial charge >= 0.3 is 11.9 Å². The van der Waals surface area contributed by atoms with Crippen molar-refractivity contribution in [2.24, 2.45) is 39.5 Å². The van der Waals surface area contributed by atoms with Crippen LogP contribution in [-0.4, -0.2) is 50.4 Å². The van der Waals surface area contributed by atoms with E-state index < -0.39 is 18.5 Å². The van der Waals surface area contributed by atoms with Crippen LogP contribution in [0.25, 0.3) is 0 Å². The molecule has 9 aromatic rings. The minimum absolute atomic E-state index is 0.0402. The Kier molecular flexibility index (Phi) is 24.5. The number of oxime groups is 2. The number of nitrogens with zero attached hydrogens (tertiary/aromatic N) is 6. The van der Waals surface area contributed by atoms with E-state index in [-0.39, 0.29) is 33.8 Å². The lowest BCUT2D eigenvalue weighted by molar-refractivity contribution is -0.157. The maximum absolute atomic E-state index is 11.6. The maximum atomic E-state index is 11.6. The smallest absolute Gasteiger partial charge is 0.372 e. The van der Waals surface area contributed by atoms with E-state index in [1.54, 1.807) is 18.6 Å². The lowest BCUT2D eigenvalue weighted by atomic mass is 9.68. The second kappa shape index (κ2) is 32.7. The molecule has 0 bridgehead atoms. The molecule has 0 aliphatic carbocycles. The van der Waals surface area contributed by atoms with Gasteiger partial charge in [0.15, 0.2) is 18.3 Å². The number of aromatic nitrogens is 3. The largest absolute Gasteiger partial charge is 0.487 e. The Morgan fingerprint density at radius 1 is 0.478 bits per heavy atom. The van der Waals surface area contributed by atoms with Crippen molar-refractivity contribution in [2.45, 2.75) is 105 Å². The first kappa shape index (κ1) is 68.8. The van der Waals surface area contributed by atoms with E-state index in [1.807, 2.05) is 152 Å². The zero-order valence-electron chi connectivity index (χ0n) is 54.0. The molecule has 0 radical (unpaired) electrons. The van der Waals surface area contributed by atoms with Gasteiger partial charge in [0.25, 0.3) is 0 Å². The van der Waals surface area contributed by atoms with Gasteiger partial charge in [-0.25, -0.2) is 4.79 Å². The minimum atomic E-state index is -0.815. The van der Waals surface area contributed by atoms with Gasteiger partial charge in [-0.05, 0) is 136 Å². The summed E-state index contributed by atoms with van der Waals surface area (Å²) in [5, 5.41) is 24.6. The molecule has 0 aliphatic heterocycles. The minimum Gasteiger partial charge on any atom is -0.487 e. The van der Waals surface area contributed by atoms with Crippen LogP contribution in [0.2, 0.25) is 0 Å². The van der Waals surface area contributed by atoms with E-state index in [2.05, 4.69) is 147 Å². The third-order valence-electron chi connectivity index (χ3n) is 17.1. The van der Waals surface area contributed by atoms with Crippen LogP contribution in [0.1, 0.15) is 136 Å². The zero-order valence-corrected chi connectivity index (χ0v) is 54.0. The molecule has 92 heavy (non-hydrogen) atoms. The number of nitrogens with two attached hydrogens (primary N) is 2. The van der Waals surface area contributed by atoms with Gasteiger partial charge < -0.3 is 40.5 Å². The number of rotatable bonds is 23. The number of esters is 1. The average Bonchev–Trinajstić information content (AvgIpc) is 0.855. The number of hydrogen-bond acceptors (Lipinski definition) is 14. The van der Waals surface area contributed by atoms with E-state index in [0.717, 1.165) is 45.5 Å². The van der Waals surface area contributed by atoms with Crippen molar-refractivity contribution in [1.82, 2.24) is 15.0 Å². The van der Waals surface area contributed by atoms with Gasteiger partial charge in [-0.3, -0.25) is 19.7 Å². The first-order chi connectivity index (χ1) is 44.2. The maximum Gasteiger partial charge on any atom is 0.372 e. The molecule has 0 saturated heterocycles. The quantitative estimate of drug-likeness (QED) is 0.0135. The molecule has 0 fully saturated rings. The molecule has 16 nitrogen and oxygen atoms in total. The number of hydrogen-bond donors (Lipinski definition) is 3. The van der Waals surface area contributed by atoms with Crippen LogP contribution in [0.4, 0.5) is 0 Å². The number of benzene rings is 6. The average molecular weight is 1240 g/mol. The molecule has 0 aliphatic rings. The fourth-order valence-corrected chi connectivity index (χ4v) is 10.4. The molecular formula is C76H82N8O8. The summed E-state index contributed by atoms with van der Waals surface area (Å²) in [5.41, 5.74) is 22.8. The Morgan fingerprint density at radius 2 is 0.783 bits per heavy atom. The standard InChI is InChI=1S/C28H31N3O5.C24H27N3O2.C24H24N2O/c1-19(2)28(4,23-12-14-25(15-13-23)35-17-24-7-5-6-16-30-24)22-10-8-21(9-11-22)27(29)31-36-26(33)18-34-20(3)32;1-17(2)24(3,19-9-7-18(8-10-19)23(25)27-28)20-11-13-22(14-12-20)29-16-21-6-4-5-15-26-21;1-18(2)24(3,20-9-7-19(16-25)8-10-20)21-11-13-23(14-12-21)27-17-22-6-4-5-15-26-22/h5-16,19H,17-18H2,1-4H3,(H2,29,31);4-15,17,28H,16H2,1-3H3,(H2,25,27);4-15,18H,17H2,1-3H3. The number of pyridine rings is 3. The van der Waals surface area contributed by atoms with E-state index in [4.69, 9.17) is 41.0 Å². The Hall–Kier alpha value is -10.7. The molecule has 0 amide bonds. The van der Waals surface area contributed by atoms with Gasteiger partial charge in [-0.2, -0.15) is 5.26 Å². The summed E-state index contributed by atoms with van der Waals surface area (Å²) in [5.74, 6) is 2.21. The SMILES string of the molecule is CC(=O)OCC(=O)O/N=C(/N)c1ccc(C(C)(c2ccc(OCc3ccccn3)cc2)C(C)C)cc1.CC(C)C(C)(c1ccc(C#N)cc1)c1ccc(OCc2ccccn2)cc1.CC(C)C(C)(c1ccc(OCc2ccccn2)cc1)c1ccc(/C(N)=N\O)cc1. The topological polar surface area (TPSA) is 240 Å². The van der Waals surface area contributed by atoms with Crippen molar-refractivity contribution in [3.05, 3.63) is 286 Å². The van der Waals surface area contributed by atoms with E-state index in [9.17, 15) is 9.59 Å². The highest BCUT2D eigenvalue weighted by Gasteiger charge is 2.35. The molecule has 474 valence electrons. The van der Waals surface area contributed by atoms with Crippen LogP contribution in [-0.2, 0) is 55.2 Å². The molecule has 16 heteroatoms. The third-order valence-corrected chi connectivity index (χ3v) is 17.1. The third kappa shape index (κ3) is 18.0. The fourth-order valence-electron chi connectivity index (χ4n) is 10.4. The summed E-state index contributed by atoms with van der Waals surface area (Å²) < 4.78 is 22.2. The molecule has 5 N–H and O–H groups in total. The molecule has 6 aromatic carbocycles. The number of carbonyl (C=O) groups excluding carboxylic acids is 2. The predicted molar refractivity (Wildman–Crippen MR) is 359 cm³/mol. The highest BCUT2D eigenvalue weighted by atomic mass is 16.7. The van der Waals surface area contributed by atoms with Crippen molar-refractivity contribution in [3.8, 4) is 23.3 Å². The summed E-state index contributed by atoms with van der Waals surface area (Å²) >= 11 is 0. The van der Waals surface area contributed by atoms with Gasteiger partial charge in [0.05, 0.1) is 28.7 Å². The molecule has 3 unspecified atom stereocenters. The van der Waals surface area contributed by atoms with Gasteiger partial charge in [0.1, 0.15) is 37.1 Å². The highest BCUT2D eigenvalue weighted by Crippen LogP contribution is 2.42. The van der Waals surface area contributed by atoms with E-state index in [1.165, 1.54) is 29.2 Å². The van der Waals surface area contributed by atoms with Crippen LogP contribution in [0, 0.1) is 29.1 Å². The zero-order chi connectivity index (χ0) is 66.3. The van der Waals surface area contributed by atoms with Crippen LogP contribution in [0.3, 0.4) is 0 Å². The first-order valence-electron chi connectivity index (χ1n) is 30.4. The first-order valence-corrected chi connectivity index (χ1v) is 30.4. The Morgan fingerprint density at radius 3 is 1.05 bits per heavy atom. The fraction of sp³-hybridized carbons (Fsp3) is 0.263. The lowest BCUT2D eigenvalue weighted by Crippen LogP contribution is -2.30. The van der Waals surface area contributed by atoms with Gasteiger partial charge in [0, 0.05) is 52.9 Å². The number of amidine groups is 2. The van der Waals surface area contributed by atoms with Gasteiger partial charge in [0.2, 0.25) is 0 Å². The van der Waals surface area contributed by atoms with Crippen LogP contribution in [0.5, 0.6) is 17.2 Å². The van der Waals surface area contributed by atoms with Crippen molar-refractivity contribution in [2.75, 3.05) is 6.61 Å². The lowest BCUT2D eigenvalue weighted by Gasteiger charge is -2.35. The Bertz CT molecular complexity index is 3870. The number of ether oxygens (including phenoxy) is 4.